The monoisotopic (exact) mass is 286 g/mol. The minimum absolute atomic E-state index is 0.0356. The number of para-hydroxylation sites is 1. The van der Waals surface area contributed by atoms with Crippen LogP contribution in [0.3, 0.4) is 0 Å². The van der Waals surface area contributed by atoms with E-state index in [1.807, 2.05) is 49.4 Å². The fourth-order valence-electron chi connectivity index (χ4n) is 2.42. The summed E-state index contributed by atoms with van der Waals surface area (Å²) in [4.78, 5) is 12.3. The molecule has 0 saturated heterocycles. The maximum Gasteiger partial charge on any atom is 0.247 e. The number of carbonyl (C=O) groups excluding carboxylic acids is 1. The van der Waals surface area contributed by atoms with Gasteiger partial charge in [-0.1, -0.05) is 35.9 Å². The number of hydrogen-bond donors (Lipinski definition) is 2. The van der Waals surface area contributed by atoms with Gasteiger partial charge in [0.05, 0.1) is 0 Å². The molecule has 0 unspecified atom stereocenters. The second-order valence-corrected chi connectivity index (χ2v) is 5.37. The number of nitrogens with one attached hydrogen (secondary N) is 2. The van der Waals surface area contributed by atoms with Gasteiger partial charge in [0.15, 0.2) is 0 Å². The summed E-state index contributed by atoms with van der Waals surface area (Å²) in [5.74, 6) is -0.0356. The van der Waals surface area contributed by atoms with Gasteiger partial charge in [-0.3, -0.25) is 4.79 Å². The van der Waals surface area contributed by atoms with Crippen molar-refractivity contribution in [2.75, 3.05) is 10.6 Å². The highest BCUT2D eigenvalue weighted by molar-refractivity contribution is 6.31. The molecule has 0 aliphatic carbocycles. The number of amides is 1. The van der Waals surface area contributed by atoms with Gasteiger partial charge in [0, 0.05) is 22.8 Å². The summed E-state index contributed by atoms with van der Waals surface area (Å²) < 4.78 is 0. The van der Waals surface area contributed by atoms with E-state index in [1.54, 1.807) is 0 Å². The quantitative estimate of drug-likeness (QED) is 0.885. The molecule has 1 atom stereocenters. The van der Waals surface area contributed by atoms with Crippen LogP contribution in [0, 0.1) is 6.92 Å². The van der Waals surface area contributed by atoms with Gasteiger partial charge in [-0.2, -0.15) is 0 Å². The van der Waals surface area contributed by atoms with E-state index in [0.717, 1.165) is 16.9 Å². The van der Waals surface area contributed by atoms with Crippen molar-refractivity contribution in [2.45, 2.75) is 19.4 Å². The van der Waals surface area contributed by atoms with Crippen LogP contribution in [0.4, 0.5) is 11.4 Å². The second kappa shape index (κ2) is 5.17. The highest BCUT2D eigenvalue weighted by atomic mass is 35.5. The normalized spacial score (nSPS) is 16.4. The van der Waals surface area contributed by atoms with E-state index in [-0.39, 0.29) is 11.9 Å². The van der Waals surface area contributed by atoms with Crippen LogP contribution in [0.2, 0.25) is 5.02 Å². The van der Waals surface area contributed by atoms with Gasteiger partial charge in [0.1, 0.15) is 6.04 Å². The Morgan fingerprint density at radius 3 is 2.85 bits per heavy atom. The Morgan fingerprint density at radius 2 is 2.05 bits per heavy atom. The Kier molecular flexibility index (Phi) is 3.36. The minimum atomic E-state index is -0.231. The van der Waals surface area contributed by atoms with E-state index in [1.165, 1.54) is 5.56 Å². The van der Waals surface area contributed by atoms with Crippen molar-refractivity contribution in [1.82, 2.24) is 0 Å². The van der Waals surface area contributed by atoms with E-state index in [2.05, 4.69) is 10.6 Å². The molecule has 2 N–H and O–H groups in total. The van der Waals surface area contributed by atoms with Crippen LogP contribution in [0.5, 0.6) is 0 Å². The van der Waals surface area contributed by atoms with Gasteiger partial charge in [-0.25, -0.2) is 0 Å². The molecular weight excluding hydrogens is 272 g/mol. The van der Waals surface area contributed by atoms with Crippen LogP contribution in [0.25, 0.3) is 0 Å². The van der Waals surface area contributed by atoms with Crippen LogP contribution in [0.1, 0.15) is 11.1 Å². The van der Waals surface area contributed by atoms with E-state index < -0.39 is 0 Å². The SMILES string of the molecule is Cc1c(Cl)cccc1NC(=O)[C@@H]1Cc2ccccc2N1. The fourth-order valence-corrected chi connectivity index (χ4v) is 2.59. The third-order valence-electron chi connectivity index (χ3n) is 3.61. The van der Waals surface area contributed by atoms with Crippen molar-refractivity contribution in [3.05, 3.63) is 58.6 Å². The third kappa shape index (κ3) is 2.37. The first-order valence-electron chi connectivity index (χ1n) is 6.55. The van der Waals surface area contributed by atoms with Crippen molar-refractivity contribution in [1.29, 1.82) is 0 Å². The van der Waals surface area contributed by atoms with Crippen LogP contribution in [-0.2, 0) is 11.2 Å². The molecule has 0 aromatic heterocycles. The summed E-state index contributed by atoms with van der Waals surface area (Å²) in [5, 5.41) is 6.84. The number of anilines is 2. The zero-order valence-corrected chi connectivity index (χ0v) is 11.9. The summed E-state index contributed by atoms with van der Waals surface area (Å²) >= 11 is 6.06. The van der Waals surface area contributed by atoms with Gasteiger partial charge in [-0.05, 0) is 36.2 Å². The molecule has 0 bridgehead atoms. The van der Waals surface area contributed by atoms with Crippen LogP contribution < -0.4 is 10.6 Å². The molecule has 1 aliphatic rings. The lowest BCUT2D eigenvalue weighted by Gasteiger charge is -2.14. The molecule has 2 aromatic carbocycles. The highest BCUT2D eigenvalue weighted by Gasteiger charge is 2.26. The van der Waals surface area contributed by atoms with Crippen LogP contribution in [-0.4, -0.2) is 11.9 Å². The lowest BCUT2D eigenvalue weighted by Crippen LogP contribution is -2.33. The van der Waals surface area contributed by atoms with Crippen molar-refractivity contribution < 1.29 is 4.79 Å². The largest absolute Gasteiger partial charge is 0.373 e. The Bertz CT molecular complexity index is 644. The molecular formula is C16H15ClN2O. The number of halogens is 1. The lowest BCUT2D eigenvalue weighted by molar-refractivity contribution is -0.116. The Labute approximate surface area is 123 Å². The smallest absolute Gasteiger partial charge is 0.247 e. The molecule has 3 rings (SSSR count). The van der Waals surface area contributed by atoms with Gasteiger partial charge in [-0.15, -0.1) is 0 Å². The fraction of sp³-hybridized carbons (Fsp3) is 0.188. The molecule has 3 nitrogen and oxygen atoms in total. The summed E-state index contributed by atoms with van der Waals surface area (Å²) in [5.41, 5.74) is 3.87. The zero-order valence-electron chi connectivity index (χ0n) is 11.1. The standard InChI is InChI=1S/C16H15ClN2O/c1-10-12(17)6-4-8-13(10)19-16(20)15-9-11-5-2-3-7-14(11)18-15/h2-8,15,18H,9H2,1H3,(H,19,20)/t15-/m0/s1. The third-order valence-corrected chi connectivity index (χ3v) is 4.02. The van der Waals surface area contributed by atoms with E-state index >= 15 is 0 Å². The molecule has 0 saturated carbocycles. The predicted octanol–water partition coefficient (Wildman–Crippen LogP) is 3.62. The number of fused-ring (bicyclic) bond motifs is 1. The van der Waals surface area contributed by atoms with E-state index in [9.17, 15) is 4.79 Å². The molecule has 1 amide bonds. The summed E-state index contributed by atoms with van der Waals surface area (Å²) in [6, 6.07) is 13.3. The topological polar surface area (TPSA) is 41.1 Å². The molecule has 0 spiro atoms. The van der Waals surface area contributed by atoms with Gasteiger partial charge < -0.3 is 10.6 Å². The average molecular weight is 287 g/mol. The van der Waals surface area contributed by atoms with Gasteiger partial charge >= 0.3 is 0 Å². The average Bonchev–Trinajstić information content (AvgIpc) is 2.88. The van der Waals surface area contributed by atoms with Crippen molar-refractivity contribution in [3.63, 3.8) is 0 Å². The lowest BCUT2D eigenvalue weighted by atomic mass is 10.1. The van der Waals surface area contributed by atoms with Crippen molar-refractivity contribution in [3.8, 4) is 0 Å². The molecule has 4 heteroatoms. The predicted molar refractivity (Wildman–Crippen MR) is 82.4 cm³/mol. The Balaban J connectivity index is 1.74. The molecule has 1 aliphatic heterocycles. The number of hydrogen-bond acceptors (Lipinski definition) is 2. The van der Waals surface area contributed by atoms with Crippen molar-refractivity contribution in [2.24, 2.45) is 0 Å². The summed E-state index contributed by atoms with van der Waals surface area (Å²) in [6.45, 7) is 1.90. The number of benzene rings is 2. The summed E-state index contributed by atoms with van der Waals surface area (Å²) in [6.07, 6.45) is 0.710. The number of carbonyl (C=O) groups is 1. The first-order chi connectivity index (χ1) is 9.65. The zero-order chi connectivity index (χ0) is 14.1. The van der Waals surface area contributed by atoms with Crippen LogP contribution in [0.15, 0.2) is 42.5 Å². The Morgan fingerprint density at radius 1 is 1.25 bits per heavy atom. The maximum atomic E-state index is 12.3. The first-order valence-corrected chi connectivity index (χ1v) is 6.93. The van der Waals surface area contributed by atoms with Crippen LogP contribution >= 0.6 is 11.6 Å². The Hall–Kier alpha value is -2.00. The summed E-state index contributed by atoms with van der Waals surface area (Å²) in [7, 11) is 0. The molecule has 0 radical (unpaired) electrons. The number of rotatable bonds is 2. The van der Waals surface area contributed by atoms with Gasteiger partial charge in [0.25, 0.3) is 0 Å². The minimum Gasteiger partial charge on any atom is -0.373 e. The molecule has 102 valence electrons. The second-order valence-electron chi connectivity index (χ2n) is 4.96. The van der Waals surface area contributed by atoms with Crippen molar-refractivity contribution >= 4 is 28.9 Å². The molecule has 20 heavy (non-hydrogen) atoms. The molecule has 2 aromatic rings. The van der Waals surface area contributed by atoms with Gasteiger partial charge in [0.2, 0.25) is 5.91 Å². The molecule has 0 fully saturated rings. The molecule has 1 heterocycles. The van der Waals surface area contributed by atoms with E-state index in [0.29, 0.717) is 11.4 Å². The highest BCUT2D eigenvalue weighted by Crippen LogP contribution is 2.27. The maximum absolute atomic E-state index is 12.3. The first kappa shape index (κ1) is 13.0. The van der Waals surface area contributed by atoms with E-state index in [4.69, 9.17) is 11.6 Å².